The number of pyridine rings is 1. The normalized spacial score (nSPS) is 10.3. The van der Waals surface area contributed by atoms with Gasteiger partial charge in [-0.2, -0.15) is 0 Å². The number of carbonyl (C=O) groups excluding carboxylic acids is 1. The molecule has 4 nitrogen and oxygen atoms in total. The Bertz CT molecular complexity index is 578. The summed E-state index contributed by atoms with van der Waals surface area (Å²) in [5.41, 5.74) is 1.79. The quantitative estimate of drug-likeness (QED) is 0.744. The lowest BCUT2D eigenvalue weighted by atomic mass is 10.1. The molecule has 1 aromatic carbocycles. The van der Waals surface area contributed by atoms with Crippen LogP contribution in [-0.2, 0) is 4.74 Å². The fraction of sp³-hybridized carbons (Fsp3) is 0.231. The van der Waals surface area contributed by atoms with Crippen molar-refractivity contribution in [2.75, 3.05) is 14.2 Å². The van der Waals surface area contributed by atoms with E-state index in [1.54, 1.807) is 6.92 Å². The van der Waals surface area contributed by atoms with Crippen molar-refractivity contribution in [1.29, 1.82) is 0 Å². The number of ether oxygens (including phenoxy) is 2. The van der Waals surface area contributed by atoms with Crippen LogP contribution in [0, 0.1) is 6.92 Å². The van der Waals surface area contributed by atoms with Crippen molar-refractivity contribution >= 4 is 16.9 Å². The van der Waals surface area contributed by atoms with Crippen LogP contribution >= 0.6 is 0 Å². The maximum absolute atomic E-state index is 11.7. The molecule has 0 bridgehead atoms. The molecule has 1 aromatic heterocycles. The highest BCUT2D eigenvalue weighted by Gasteiger charge is 2.19. The zero-order valence-electron chi connectivity index (χ0n) is 9.98. The Morgan fingerprint density at radius 2 is 1.94 bits per heavy atom. The predicted molar refractivity (Wildman–Crippen MR) is 64.4 cm³/mol. The van der Waals surface area contributed by atoms with E-state index >= 15 is 0 Å². The monoisotopic (exact) mass is 231 g/mol. The van der Waals surface area contributed by atoms with Gasteiger partial charge in [0, 0.05) is 5.39 Å². The van der Waals surface area contributed by atoms with Gasteiger partial charge in [0.05, 0.1) is 25.4 Å². The van der Waals surface area contributed by atoms with Crippen LogP contribution in [-0.4, -0.2) is 25.2 Å². The highest BCUT2D eigenvalue weighted by Crippen LogP contribution is 2.30. The lowest BCUT2D eigenvalue weighted by Crippen LogP contribution is -2.08. The summed E-state index contributed by atoms with van der Waals surface area (Å²) in [6.07, 6.45) is 0. The number of fused-ring (bicyclic) bond motifs is 1. The Hall–Kier alpha value is -2.10. The fourth-order valence-corrected chi connectivity index (χ4v) is 1.85. The average molecular weight is 231 g/mol. The van der Waals surface area contributed by atoms with Crippen LogP contribution in [0.15, 0.2) is 24.3 Å². The second kappa shape index (κ2) is 4.41. The zero-order valence-corrected chi connectivity index (χ0v) is 9.98. The van der Waals surface area contributed by atoms with Gasteiger partial charge in [-0.15, -0.1) is 0 Å². The summed E-state index contributed by atoms with van der Waals surface area (Å²) in [7, 11) is 2.88. The van der Waals surface area contributed by atoms with E-state index in [1.165, 1.54) is 14.2 Å². The zero-order chi connectivity index (χ0) is 12.4. The van der Waals surface area contributed by atoms with Gasteiger partial charge < -0.3 is 9.47 Å². The van der Waals surface area contributed by atoms with E-state index in [2.05, 4.69) is 4.98 Å². The molecule has 0 aliphatic carbocycles. The molecule has 17 heavy (non-hydrogen) atoms. The molecule has 2 rings (SSSR count). The van der Waals surface area contributed by atoms with E-state index in [4.69, 9.17) is 9.47 Å². The molecule has 1 heterocycles. The summed E-state index contributed by atoms with van der Waals surface area (Å²) >= 11 is 0. The second-order valence-corrected chi connectivity index (χ2v) is 3.61. The van der Waals surface area contributed by atoms with Crippen molar-refractivity contribution in [2.24, 2.45) is 0 Å². The topological polar surface area (TPSA) is 48.4 Å². The van der Waals surface area contributed by atoms with Crippen molar-refractivity contribution in [3.05, 3.63) is 35.5 Å². The third kappa shape index (κ3) is 1.82. The lowest BCUT2D eigenvalue weighted by molar-refractivity contribution is 0.0596. The highest BCUT2D eigenvalue weighted by atomic mass is 16.5. The van der Waals surface area contributed by atoms with Crippen molar-refractivity contribution in [3.63, 3.8) is 0 Å². The van der Waals surface area contributed by atoms with Gasteiger partial charge in [-0.1, -0.05) is 12.1 Å². The molecule has 0 unspecified atom stereocenters. The number of para-hydroxylation sites is 1. The van der Waals surface area contributed by atoms with E-state index in [-0.39, 0.29) is 0 Å². The van der Waals surface area contributed by atoms with Crippen LogP contribution in [0.4, 0.5) is 0 Å². The SMILES string of the molecule is COC(=O)c1c(C)nc2ccccc2c1OC. The van der Waals surface area contributed by atoms with Crippen LogP contribution in [0.25, 0.3) is 10.9 Å². The number of aryl methyl sites for hydroxylation is 1. The number of rotatable bonds is 2. The van der Waals surface area contributed by atoms with Crippen LogP contribution in [0.1, 0.15) is 16.1 Å². The number of hydrogen-bond acceptors (Lipinski definition) is 4. The summed E-state index contributed by atoms with van der Waals surface area (Å²) in [4.78, 5) is 16.1. The number of methoxy groups -OCH3 is 2. The predicted octanol–water partition coefficient (Wildman–Crippen LogP) is 2.34. The first-order valence-corrected chi connectivity index (χ1v) is 5.20. The fourth-order valence-electron chi connectivity index (χ4n) is 1.85. The van der Waals surface area contributed by atoms with Crippen LogP contribution < -0.4 is 4.74 Å². The summed E-state index contributed by atoms with van der Waals surface area (Å²) in [5.74, 6) is 0.0811. The van der Waals surface area contributed by atoms with Crippen LogP contribution in [0.5, 0.6) is 5.75 Å². The van der Waals surface area contributed by atoms with Crippen molar-refractivity contribution in [2.45, 2.75) is 6.92 Å². The minimum atomic E-state index is -0.433. The maximum atomic E-state index is 11.7. The molecule has 2 aromatic rings. The largest absolute Gasteiger partial charge is 0.495 e. The van der Waals surface area contributed by atoms with Crippen molar-refractivity contribution in [3.8, 4) is 5.75 Å². The van der Waals surface area contributed by atoms with E-state index in [0.29, 0.717) is 17.0 Å². The number of hydrogen-bond donors (Lipinski definition) is 0. The van der Waals surface area contributed by atoms with Crippen molar-refractivity contribution < 1.29 is 14.3 Å². The highest BCUT2D eigenvalue weighted by molar-refractivity contribution is 6.00. The van der Waals surface area contributed by atoms with Gasteiger partial charge in [0.15, 0.2) is 0 Å². The summed E-state index contributed by atoms with van der Waals surface area (Å²) in [6, 6.07) is 7.52. The maximum Gasteiger partial charge on any atom is 0.343 e. The third-order valence-corrected chi connectivity index (χ3v) is 2.62. The van der Waals surface area contributed by atoms with Gasteiger partial charge in [-0.25, -0.2) is 4.79 Å². The van der Waals surface area contributed by atoms with Gasteiger partial charge in [0.2, 0.25) is 0 Å². The first-order valence-electron chi connectivity index (χ1n) is 5.20. The van der Waals surface area contributed by atoms with Crippen molar-refractivity contribution in [1.82, 2.24) is 4.98 Å². The molecule has 0 spiro atoms. The average Bonchev–Trinajstić information content (AvgIpc) is 2.36. The van der Waals surface area contributed by atoms with Crippen LogP contribution in [0.3, 0.4) is 0 Å². The standard InChI is InChI=1S/C13H13NO3/c1-8-11(13(15)17-3)12(16-2)9-6-4-5-7-10(9)14-8/h4-7H,1-3H3. The van der Waals surface area contributed by atoms with E-state index in [9.17, 15) is 4.79 Å². The molecule has 0 amide bonds. The van der Waals surface area contributed by atoms with Gasteiger partial charge in [0.1, 0.15) is 11.3 Å². The molecular weight excluding hydrogens is 218 g/mol. The Balaban J connectivity index is 2.83. The minimum Gasteiger partial charge on any atom is -0.495 e. The molecule has 0 aliphatic rings. The third-order valence-electron chi connectivity index (χ3n) is 2.62. The van der Waals surface area contributed by atoms with Crippen LogP contribution in [0.2, 0.25) is 0 Å². The molecule has 0 N–H and O–H groups in total. The molecule has 0 atom stereocenters. The van der Waals surface area contributed by atoms with E-state index in [0.717, 1.165) is 10.9 Å². The van der Waals surface area contributed by atoms with Gasteiger partial charge in [0.25, 0.3) is 0 Å². The summed E-state index contributed by atoms with van der Waals surface area (Å²) in [5, 5.41) is 0.806. The second-order valence-electron chi connectivity index (χ2n) is 3.61. The van der Waals surface area contributed by atoms with E-state index in [1.807, 2.05) is 24.3 Å². The molecule has 0 fully saturated rings. The van der Waals surface area contributed by atoms with Gasteiger partial charge in [-0.05, 0) is 19.1 Å². The molecule has 88 valence electrons. The Morgan fingerprint density at radius 3 is 2.59 bits per heavy atom. The first-order chi connectivity index (χ1) is 8.19. The molecule has 4 heteroatoms. The summed E-state index contributed by atoms with van der Waals surface area (Å²) < 4.78 is 10.1. The van der Waals surface area contributed by atoms with Gasteiger partial charge >= 0.3 is 5.97 Å². The minimum absolute atomic E-state index is 0.383. The first kappa shape index (κ1) is 11.4. The Kier molecular flexibility index (Phi) is 2.95. The van der Waals surface area contributed by atoms with Gasteiger partial charge in [-0.3, -0.25) is 4.98 Å². The number of nitrogens with zero attached hydrogens (tertiary/aromatic N) is 1. The number of esters is 1. The lowest BCUT2D eigenvalue weighted by Gasteiger charge is -2.12. The molecule has 0 aliphatic heterocycles. The number of benzene rings is 1. The number of aromatic nitrogens is 1. The molecular formula is C13H13NO3. The molecule has 0 radical (unpaired) electrons. The molecule has 0 saturated carbocycles. The van der Waals surface area contributed by atoms with E-state index < -0.39 is 5.97 Å². The summed E-state index contributed by atoms with van der Waals surface area (Å²) in [6.45, 7) is 1.77. The Morgan fingerprint density at radius 1 is 1.24 bits per heavy atom. The smallest absolute Gasteiger partial charge is 0.343 e. The number of carbonyl (C=O) groups is 1. The Labute approximate surface area is 99.2 Å². The molecule has 0 saturated heterocycles.